The Morgan fingerprint density at radius 1 is 1.13 bits per heavy atom. The van der Waals surface area contributed by atoms with Crippen molar-refractivity contribution >= 4 is 17.6 Å². The average Bonchev–Trinajstić information content (AvgIpc) is 2.54. The molecule has 0 bridgehead atoms. The second kappa shape index (κ2) is 7.81. The molecule has 0 aliphatic rings. The van der Waals surface area contributed by atoms with Crippen LogP contribution in [-0.2, 0) is 11.4 Å². The Hall–Kier alpha value is -3.06. The zero-order valence-corrected chi connectivity index (χ0v) is 12.3. The molecule has 0 aliphatic carbocycles. The van der Waals surface area contributed by atoms with Crippen LogP contribution in [0.3, 0.4) is 0 Å². The normalized spacial score (nSPS) is 9.96. The first-order valence-electron chi connectivity index (χ1n) is 6.87. The van der Waals surface area contributed by atoms with Gasteiger partial charge in [0.2, 0.25) is 5.91 Å². The van der Waals surface area contributed by atoms with Gasteiger partial charge in [0.1, 0.15) is 18.9 Å². The highest BCUT2D eigenvalue weighted by atomic mass is 16.5. The largest absolute Gasteiger partial charge is 0.489 e. The van der Waals surface area contributed by atoms with Gasteiger partial charge in [-0.3, -0.25) is 10.0 Å². The van der Waals surface area contributed by atoms with Crippen LogP contribution in [0.25, 0.3) is 0 Å². The van der Waals surface area contributed by atoms with Gasteiger partial charge >= 0.3 is 6.03 Å². The third kappa shape index (κ3) is 5.33. The number of nitrogens with two attached hydrogens (primary N) is 1. The summed E-state index contributed by atoms with van der Waals surface area (Å²) >= 11 is 0. The lowest BCUT2D eigenvalue weighted by Gasteiger charge is -2.12. The number of carbonyl (C=O) groups excluding carboxylic acids is 2. The number of anilines is 1. The van der Waals surface area contributed by atoms with Gasteiger partial charge in [0.25, 0.3) is 0 Å². The number of carbonyl (C=O) groups is 2. The Bertz CT molecular complexity index is 676. The molecule has 2 rings (SSSR count). The van der Waals surface area contributed by atoms with E-state index in [9.17, 15) is 9.59 Å². The van der Waals surface area contributed by atoms with Gasteiger partial charge in [-0.1, -0.05) is 36.4 Å². The van der Waals surface area contributed by atoms with Gasteiger partial charge in [-0.2, -0.15) is 5.06 Å². The fraction of sp³-hybridized carbons (Fsp3) is 0.125. The summed E-state index contributed by atoms with van der Waals surface area (Å²) in [6, 6.07) is 15.4. The molecule has 0 saturated heterocycles. The van der Waals surface area contributed by atoms with Gasteiger partial charge in [-0.15, -0.1) is 0 Å². The number of primary amides is 1. The van der Waals surface area contributed by atoms with Crippen LogP contribution in [0, 0.1) is 0 Å². The second-order valence-corrected chi connectivity index (χ2v) is 4.75. The maximum Gasteiger partial charge on any atom is 0.339 e. The van der Waals surface area contributed by atoms with Gasteiger partial charge in [0.05, 0.1) is 0 Å². The smallest absolute Gasteiger partial charge is 0.339 e. The molecule has 0 saturated carbocycles. The van der Waals surface area contributed by atoms with E-state index in [0.29, 0.717) is 18.0 Å². The number of hydrogen-bond acceptors (Lipinski definition) is 4. The molecule has 0 aliphatic heterocycles. The quantitative estimate of drug-likeness (QED) is 0.560. The van der Waals surface area contributed by atoms with Crippen molar-refractivity contribution in [1.29, 1.82) is 0 Å². The fourth-order valence-corrected chi connectivity index (χ4v) is 1.82. The van der Waals surface area contributed by atoms with Crippen LogP contribution in [0.4, 0.5) is 10.5 Å². The molecule has 0 spiro atoms. The molecule has 0 atom stereocenters. The van der Waals surface area contributed by atoms with Gasteiger partial charge in [0.15, 0.2) is 0 Å². The molecule has 0 unspecified atom stereocenters. The lowest BCUT2D eigenvalue weighted by atomic mass is 10.2. The predicted molar refractivity (Wildman–Crippen MR) is 83.9 cm³/mol. The lowest BCUT2D eigenvalue weighted by molar-refractivity contribution is -0.124. The maximum absolute atomic E-state index is 11.7. The summed E-state index contributed by atoms with van der Waals surface area (Å²) < 4.78 is 5.65. The molecular weight excluding hydrogens is 298 g/mol. The minimum absolute atomic E-state index is 0.130. The molecule has 0 fully saturated rings. The first kappa shape index (κ1) is 16.3. The summed E-state index contributed by atoms with van der Waals surface area (Å²) in [6.07, 6.45) is 0. The number of hydroxylamine groups is 2. The molecule has 7 heteroatoms. The Kier molecular flexibility index (Phi) is 5.54. The summed E-state index contributed by atoms with van der Waals surface area (Å²) in [5, 5.41) is 11.8. The molecule has 0 aromatic heterocycles. The van der Waals surface area contributed by atoms with E-state index in [2.05, 4.69) is 5.32 Å². The summed E-state index contributed by atoms with van der Waals surface area (Å²) in [4.78, 5) is 22.3. The fourth-order valence-electron chi connectivity index (χ4n) is 1.82. The van der Waals surface area contributed by atoms with Crippen molar-refractivity contribution in [1.82, 2.24) is 5.06 Å². The van der Waals surface area contributed by atoms with Crippen LogP contribution in [0.1, 0.15) is 5.56 Å². The molecular formula is C16H17N3O4. The van der Waals surface area contributed by atoms with Gasteiger partial charge in [-0.05, 0) is 17.7 Å². The third-order valence-corrected chi connectivity index (χ3v) is 2.91. The number of urea groups is 1. The molecule has 120 valence electrons. The van der Waals surface area contributed by atoms with E-state index in [1.807, 2.05) is 30.3 Å². The molecule has 0 heterocycles. The van der Waals surface area contributed by atoms with Crippen LogP contribution in [0.5, 0.6) is 5.75 Å². The molecule has 7 nitrogen and oxygen atoms in total. The predicted octanol–water partition coefficient (Wildman–Crippen LogP) is 1.97. The number of ether oxygens (including phenoxy) is 1. The first-order chi connectivity index (χ1) is 11.0. The number of nitrogens with one attached hydrogen (secondary N) is 1. The first-order valence-corrected chi connectivity index (χ1v) is 6.87. The lowest BCUT2D eigenvalue weighted by Crippen LogP contribution is -2.38. The van der Waals surface area contributed by atoms with Crippen LogP contribution in [0.2, 0.25) is 0 Å². The van der Waals surface area contributed by atoms with Crippen molar-refractivity contribution in [2.75, 3.05) is 11.9 Å². The average molecular weight is 315 g/mol. The van der Waals surface area contributed by atoms with E-state index >= 15 is 0 Å². The van der Waals surface area contributed by atoms with E-state index < -0.39 is 18.5 Å². The maximum atomic E-state index is 11.7. The Balaban J connectivity index is 1.91. The number of hydrogen-bond donors (Lipinski definition) is 3. The number of nitrogens with zero attached hydrogens (tertiary/aromatic N) is 1. The van der Waals surface area contributed by atoms with Gasteiger partial charge in [-0.25, -0.2) is 4.79 Å². The molecule has 23 heavy (non-hydrogen) atoms. The molecule has 4 N–H and O–H groups in total. The zero-order valence-electron chi connectivity index (χ0n) is 12.3. The second-order valence-electron chi connectivity index (χ2n) is 4.75. The van der Waals surface area contributed by atoms with E-state index in [0.717, 1.165) is 5.56 Å². The van der Waals surface area contributed by atoms with E-state index in [4.69, 9.17) is 15.7 Å². The van der Waals surface area contributed by atoms with Crippen molar-refractivity contribution in [3.63, 3.8) is 0 Å². The Morgan fingerprint density at radius 2 is 1.87 bits per heavy atom. The Morgan fingerprint density at radius 3 is 2.57 bits per heavy atom. The van der Waals surface area contributed by atoms with E-state index in [1.54, 1.807) is 24.3 Å². The number of rotatable bonds is 6. The van der Waals surface area contributed by atoms with Gasteiger partial charge < -0.3 is 15.8 Å². The van der Waals surface area contributed by atoms with E-state index in [1.165, 1.54) is 0 Å². The number of benzene rings is 2. The summed E-state index contributed by atoms with van der Waals surface area (Å²) in [5.41, 5.74) is 6.35. The highest BCUT2D eigenvalue weighted by molar-refractivity contribution is 5.94. The van der Waals surface area contributed by atoms with E-state index in [-0.39, 0.29) is 5.06 Å². The summed E-state index contributed by atoms with van der Waals surface area (Å²) in [7, 11) is 0. The van der Waals surface area contributed by atoms with Crippen LogP contribution in [0.15, 0.2) is 54.6 Å². The SMILES string of the molecule is NC(=O)N(O)CC(=O)Nc1cccc(OCc2ccccc2)c1. The molecule has 2 aromatic carbocycles. The van der Waals surface area contributed by atoms with Crippen molar-refractivity contribution in [2.45, 2.75) is 6.61 Å². The topological polar surface area (TPSA) is 105 Å². The highest BCUT2D eigenvalue weighted by Crippen LogP contribution is 2.18. The molecule has 0 radical (unpaired) electrons. The van der Waals surface area contributed by atoms with Crippen LogP contribution < -0.4 is 15.8 Å². The van der Waals surface area contributed by atoms with Crippen molar-refractivity contribution in [2.24, 2.45) is 5.73 Å². The highest BCUT2D eigenvalue weighted by Gasteiger charge is 2.11. The van der Waals surface area contributed by atoms with Crippen LogP contribution >= 0.6 is 0 Å². The molecule has 3 amide bonds. The van der Waals surface area contributed by atoms with Crippen molar-refractivity contribution in [3.05, 3.63) is 60.2 Å². The van der Waals surface area contributed by atoms with Crippen LogP contribution in [-0.4, -0.2) is 28.8 Å². The zero-order chi connectivity index (χ0) is 16.7. The molecule has 2 aromatic rings. The summed E-state index contributed by atoms with van der Waals surface area (Å²) in [6.45, 7) is -0.144. The van der Waals surface area contributed by atoms with Crippen molar-refractivity contribution < 1.29 is 19.5 Å². The minimum atomic E-state index is -1.10. The number of amides is 3. The third-order valence-electron chi connectivity index (χ3n) is 2.91. The standard InChI is InChI=1S/C16H17N3O4/c17-16(21)19(22)10-15(20)18-13-7-4-8-14(9-13)23-11-12-5-2-1-3-6-12/h1-9,22H,10-11H2,(H2,17,21)(H,18,20). The van der Waals surface area contributed by atoms with Gasteiger partial charge in [0, 0.05) is 11.8 Å². The summed E-state index contributed by atoms with van der Waals surface area (Å²) in [5.74, 6) is 0.00826. The monoisotopic (exact) mass is 315 g/mol. The van der Waals surface area contributed by atoms with Crippen molar-refractivity contribution in [3.8, 4) is 5.75 Å². The minimum Gasteiger partial charge on any atom is -0.489 e. The Labute approximate surface area is 133 Å².